The number of rotatable bonds is 6. The van der Waals surface area contributed by atoms with Gasteiger partial charge in [-0.1, -0.05) is 13.0 Å². The van der Waals surface area contributed by atoms with Crippen LogP contribution in [0.2, 0.25) is 0 Å². The summed E-state index contributed by atoms with van der Waals surface area (Å²) in [6, 6.07) is 9.19. The maximum absolute atomic E-state index is 14.5. The normalized spacial score (nSPS) is 18.3. The molecule has 3 aromatic rings. The third-order valence-corrected chi connectivity index (χ3v) is 5.64. The van der Waals surface area contributed by atoms with Crippen LogP contribution >= 0.6 is 0 Å². The Balaban J connectivity index is 1.77. The second-order valence-corrected chi connectivity index (χ2v) is 8.00. The van der Waals surface area contributed by atoms with Crippen molar-refractivity contribution in [2.24, 2.45) is 0 Å². The molecule has 3 heterocycles. The monoisotopic (exact) mass is 411 g/mol. The van der Waals surface area contributed by atoms with E-state index >= 15 is 0 Å². The molecule has 30 heavy (non-hydrogen) atoms. The van der Waals surface area contributed by atoms with Crippen LogP contribution in [-0.2, 0) is 11.3 Å². The molecule has 0 spiro atoms. The van der Waals surface area contributed by atoms with Crippen molar-refractivity contribution in [3.05, 3.63) is 42.0 Å². The SMILES string of the molecule is CCC(C)Nc1cccc(-c2cc(F)cc3nc(C)n(CC4CNCCCO4)c23)n1. The van der Waals surface area contributed by atoms with Gasteiger partial charge in [-0.25, -0.2) is 14.4 Å². The maximum atomic E-state index is 14.5. The molecule has 160 valence electrons. The van der Waals surface area contributed by atoms with E-state index in [1.54, 1.807) is 6.07 Å². The van der Waals surface area contributed by atoms with Crippen LogP contribution < -0.4 is 10.6 Å². The number of hydrogen-bond donors (Lipinski definition) is 2. The van der Waals surface area contributed by atoms with Gasteiger partial charge in [-0.2, -0.15) is 0 Å². The molecule has 1 aliphatic rings. The Labute approximate surface area is 176 Å². The number of anilines is 1. The van der Waals surface area contributed by atoms with Crippen molar-refractivity contribution in [1.29, 1.82) is 0 Å². The lowest BCUT2D eigenvalue weighted by Crippen LogP contribution is -2.30. The van der Waals surface area contributed by atoms with Gasteiger partial charge in [0, 0.05) is 30.8 Å². The Bertz CT molecular complexity index is 1010. The number of fused-ring (bicyclic) bond motifs is 1. The van der Waals surface area contributed by atoms with Crippen molar-refractivity contribution in [3.63, 3.8) is 0 Å². The van der Waals surface area contributed by atoms with Crippen molar-refractivity contribution in [1.82, 2.24) is 19.9 Å². The van der Waals surface area contributed by atoms with Gasteiger partial charge in [0.25, 0.3) is 0 Å². The summed E-state index contributed by atoms with van der Waals surface area (Å²) < 4.78 is 22.6. The first-order valence-electron chi connectivity index (χ1n) is 10.8. The van der Waals surface area contributed by atoms with Crippen LogP contribution in [0.25, 0.3) is 22.3 Å². The van der Waals surface area contributed by atoms with Crippen LogP contribution in [0, 0.1) is 12.7 Å². The number of hydrogen-bond acceptors (Lipinski definition) is 5. The summed E-state index contributed by atoms with van der Waals surface area (Å²) in [7, 11) is 0. The lowest BCUT2D eigenvalue weighted by molar-refractivity contribution is 0.0554. The van der Waals surface area contributed by atoms with Crippen LogP contribution in [0.1, 0.15) is 32.5 Å². The number of aromatic nitrogens is 3. The van der Waals surface area contributed by atoms with Crippen LogP contribution in [0.4, 0.5) is 10.2 Å². The molecule has 0 bridgehead atoms. The number of nitrogens with one attached hydrogen (secondary N) is 2. The number of benzene rings is 1. The van der Waals surface area contributed by atoms with E-state index in [9.17, 15) is 4.39 Å². The fourth-order valence-electron chi connectivity index (χ4n) is 3.88. The maximum Gasteiger partial charge on any atom is 0.126 e. The Morgan fingerprint density at radius 1 is 1.33 bits per heavy atom. The highest BCUT2D eigenvalue weighted by Gasteiger charge is 2.20. The molecule has 1 aliphatic heterocycles. The predicted molar refractivity (Wildman–Crippen MR) is 118 cm³/mol. The highest BCUT2D eigenvalue weighted by Crippen LogP contribution is 2.31. The number of aryl methyl sites for hydroxylation is 1. The smallest absolute Gasteiger partial charge is 0.126 e. The third-order valence-electron chi connectivity index (χ3n) is 5.64. The summed E-state index contributed by atoms with van der Waals surface area (Å²) in [5, 5.41) is 6.83. The molecule has 1 fully saturated rings. The average Bonchev–Trinajstić information content (AvgIpc) is 2.89. The average molecular weight is 412 g/mol. The molecular weight excluding hydrogens is 381 g/mol. The van der Waals surface area contributed by atoms with E-state index in [2.05, 4.69) is 34.0 Å². The van der Waals surface area contributed by atoms with Gasteiger partial charge in [0.1, 0.15) is 17.5 Å². The summed E-state index contributed by atoms with van der Waals surface area (Å²) in [5.41, 5.74) is 3.02. The predicted octanol–water partition coefficient (Wildman–Crippen LogP) is 4.13. The van der Waals surface area contributed by atoms with Gasteiger partial charge in [0.05, 0.1) is 29.4 Å². The second kappa shape index (κ2) is 9.10. The van der Waals surface area contributed by atoms with Gasteiger partial charge in [0.2, 0.25) is 0 Å². The Hall–Kier alpha value is -2.51. The van der Waals surface area contributed by atoms with Gasteiger partial charge in [-0.3, -0.25) is 0 Å². The molecule has 0 aliphatic carbocycles. The van der Waals surface area contributed by atoms with E-state index in [4.69, 9.17) is 9.72 Å². The molecule has 4 rings (SSSR count). The first-order valence-corrected chi connectivity index (χ1v) is 10.8. The minimum Gasteiger partial charge on any atom is -0.375 e. The largest absolute Gasteiger partial charge is 0.375 e. The fourth-order valence-corrected chi connectivity index (χ4v) is 3.88. The Morgan fingerprint density at radius 3 is 3.03 bits per heavy atom. The number of ether oxygens (including phenoxy) is 1. The van der Waals surface area contributed by atoms with Crippen LogP contribution in [0.3, 0.4) is 0 Å². The van der Waals surface area contributed by atoms with E-state index in [0.29, 0.717) is 18.1 Å². The zero-order chi connectivity index (χ0) is 21.1. The van der Waals surface area contributed by atoms with Gasteiger partial charge < -0.3 is 19.9 Å². The van der Waals surface area contributed by atoms with Crippen LogP contribution in [0.15, 0.2) is 30.3 Å². The van der Waals surface area contributed by atoms with Gasteiger partial charge >= 0.3 is 0 Å². The molecule has 1 saturated heterocycles. The van der Waals surface area contributed by atoms with E-state index in [1.807, 2.05) is 25.1 Å². The molecule has 7 heteroatoms. The van der Waals surface area contributed by atoms with E-state index in [-0.39, 0.29) is 11.9 Å². The van der Waals surface area contributed by atoms with Crippen molar-refractivity contribution >= 4 is 16.9 Å². The molecule has 0 amide bonds. The minimum absolute atomic E-state index is 0.0490. The molecule has 6 nitrogen and oxygen atoms in total. The lowest BCUT2D eigenvalue weighted by atomic mass is 10.1. The molecule has 0 saturated carbocycles. The van der Waals surface area contributed by atoms with Gasteiger partial charge in [-0.05, 0) is 51.4 Å². The number of nitrogens with zero attached hydrogens (tertiary/aromatic N) is 3. The van der Waals surface area contributed by atoms with Crippen molar-refractivity contribution in [3.8, 4) is 11.3 Å². The molecule has 2 unspecified atom stereocenters. The first kappa shape index (κ1) is 20.8. The first-order chi connectivity index (χ1) is 14.5. The summed E-state index contributed by atoms with van der Waals surface area (Å²) in [6.07, 6.45) is 2.06. The number of halogens is 1. The quantitative estimate of drug-likeness (QED) is 0.638. The molecular formula is C23H30FN5O. The minimum atomic E-state index is -0.309. The summed E-state index contributed by atoms with van der Waals surface area (Å²) >= 11 is 0. The topological polar surface area (TPSA) is 64.0 Å². The molecule has 2 aromatic heterocycles. The van der Waals surface area contributed by atoms with E-state index < -0.39 is 0 Å². The van der Waals surface area contributed by atoms with Crippen molar-refractivity contribution < 1.29 is 9.13 Å². The van der Waals surface area contributed by atoms with E-state index in [0.717, 1.165) is 61.0 Å². The van der Waals surface area contributed by atoms with Crippen molar-refractivity contribution in [2.45, 2.75) is 52.3 Å². The summed E-state index contributed by atoms with van der Waals surface area (Å²) in [5.74, 6) is 1.33. The highest BCUT2D eigenvalue weighted by molar-refractivity contribution is 5.92. The lowest BCUT2D eigenvalue weighted by Gasteiger charge is -2.18. The molecule has 2 N–H and O–H groups in total. The number of imidazole rings is 1. The number of pyridine rings is 1. The van der Waals surface area contributed by atoms with Crippen LogP contribution in [0.5, 0.6) is 0 Å². The second-order valence-electron chi connectivity index (χ2n) is 8.00. The summed E-state index contributed by atoms with van der Waals surface area (Å²) in [4.78, 5) is 9.41. The zero-order valence-electron chi connectivity index (χ0n) is 17.9. The van der Waals surface area contributed by atoms with Crippen LogP contribution in [-0.4, -0.2) is 46.4 Å². The molecule has 0 radical (unpaired) electrons. The highest BCUT2D eigenvalue weighted by atomic mass is 19.1. The standard InChI is InChI=1S/C23H30FN5O/c1-4-15(2)26-22-8-5-7-20(28-22)19-11-17(24)12-21-23(19)29(16(3)27-21)14-18-13-25-9-6-10-30-18/h5,7-8,11-12,15,18,25H,4,6,9-10,13-14H2,1-3H3,(H,26,28). The molecule has 1 aromatic carbocycles. The van der Waals surface area contributed by atoms with Crippen molar-refractivity contribution in [2.75, 3.05) is 25.0 Å². The third kappa shape index (κ3) is 4.47. The van der Waals surface area contributed by atoms with Gasteiger partial charge in [0.15, 0.2) is 0 Å². The fraction of sp³-hybridized carbons (Fsp3) is 0.478. The zero-order valence-corrected chi connectivity index (χ0v) is 17.9. The summed E-state index contributed by atoms with van der Waals surface area (Å²) in [6.45, 7) is 9.38. The Morgan fingerprint density at radius 2 is 2.20 bits per heavy atom. The molecule has 2 atom stereocenters. The Kier molecular flexibility index (Phi) is 6.29. The van der Waals surface area contributed by atoms with E-state index in [1.165, 1.54) is 6.07 Å². The van der Waals surface area contributed by atoms with Gasteiger partial charge in [-0.15, -0.1) is 0 Å².